The SMILES string of the molecule is CC[C@@H](C)N(C(=O)COC(=O)c1ccccc1NC(=O)c1ccccc1)[C@H](C)CC. The van der Waals surface area contributed by atoms with E-state index in [4.69, 9.17) is 4.74 Å². The first-order valence-corrected chi connectivity index (χ1v) is 10.3. The van der Waals surface area contributed by atoms with E-state index in [1.807, 2.05) is 33.8 Å². The van der Waals surface area contributed by atoms with Crippen LogP contribution in [0.1, 0.15) is 61.3 Å². The van der Waals surface area contributed by atoms with Crippen LogP contribution in [0.15, 0.2) is 54.6 Å². The van der Waals surface area contributed by atoms with Gasteiger partial charge in [-0.1, -0.05) is 44.2 Å². The molecular formula is C24H30N2O4. The summed E-state index contributed by atoms with van der Waals surface area (Å²) in [6.07, 6.45) is 1.64. The van der Waals surface area contributed by atoms with Gasteiger partial charge in [0.25, 0.3) is 11.8 Å². The number of ether oxygens (including phenoxy) is 1. The minimum Gasteiger partial charge on any atom is -0.452 e. The summed E-state index contributed by atoms with van der Waals surface area (Å²) in [6, 6.07) is 15.4. The molecule has 0 fully saturated rings. The van der Waals surface area contributed by atoms with Crippen molar-refractivity contribution < 1.29 is 19.1 Å². The Labute approximate surface area is 178 Å². The van der Waals surface area contributed by atoms with E-state index in [2.05, 4.69) is 5.32 Å². The number of nitrogens with zero attached hydrogens (tertiary/aromatic N) is 1. The maximum absolute atomic E-state index is 12.7. The highest BCUT2D eigenvalue weighted by Gasteiger charge is 2.25. The molecule has 0 spiro atoms. The molecule has 0 heterocycles. The highest BCUT2D eigenvalue weighted by atomic mass is 16.5. The van der Waals surface area contributed by atoms with Crippen molar-refractivity contribution in [3.63, 3.8) is 0 Å². The summed E-state index contributed by atoms with van der Waals surface area (Å²) < 4.78 is 5.31. The van der Waals surface area contributed by atoms with Crippen molar-refractivity contribution in [2.45, 2.75) is 52.6 Å². The Morgan fingerprint density at radius 3 is 2.07 bits per heavy atom. The van der Waals surface area contributed by atoms with Gasteiger partial charge in [0, 0.05) is 17.6 Å². The van der Waals surface area contributed by atoms with Gasteiger partial charge in [-0.25, -0.2) is 4.79 Å². The smallest absolute Gasteiger partial charge is 0.340 e. The summed E-state index contributed by atoms with van der Waals surface area (Å²) in [6.45, 7) is 7.67. The molecule has 0 aliphatic heterocycles. The molecule has 2 aromatic carbocycles. The van der Waals surface area contributed by atoms with Gasteiger partial charge >= 0.3 is 5.97 Å². The molecule has 2 atom stereocenters. The highest BCUT2D eigenvalue weighted by Crippen LogP contribution is 2.18. The number of rotatable bonds is 9. The second-order valence-corrected chi connectivity index (χ2v) is 7.26. The van der Waals surface area contributed by atoms with E-state index in [-0.39, 0.29) is 36.1 Å². The zero-order chi connectivity index (χ0) is 22.1. The molecule has 0 saturated carbocycles. The lowest BCUT2D eigenvalue weighted by Gasteiger charge is -2.33. The molecule has 0 saturated heterocycles. The fourth-order valence-corrected chi connectivity index (χ4v) is 3.15. The van der Waals surface area contributed by atoms with Gasteiger partial charge in [-0.3, -0.25) is 9.59 Å². The summed E-state index contributed by atoms with van der Waals surface area (Å²) >= 11 is 0. The molecule has 0 aliphatic rings. The van der Waals surface area contributed by atoms with Crippen LogP contribution in [0, 0.1) is 0 Å². The van der Waals surface area contributed by atoms with Crippen LogP contribution in [-0.2, 0) is 9.53 Å². The molecule has 0 unspecified atom stereocenters. The highest BCUT2D eigenvalue weighted by molar-refractivity contribution is 6.08. The molecule has 1 N–H and O–H groups in total. The Kier molecular flexibility index (Phi) is 8.59. The van der Waals surface area contributed by atoms with Gasteiger partial charge in [0.2, 0.25) is 0 Å². The molecule has 2 amide bonds. The minimum atomic E-state index is -0.652. The standard InChI is InChI=1S/C24H30N2O4/c1-5-17(3)26(18(4)6-2)22(27)16-30-24(29)20-14-10-11-15-21(20)25-23(28)19-12-8-7-9-13-19/h7-15,17-18H,5-6,16H2,1-4H3,(H,25,28)/t17-,18-/m1/s1. The third-order valence-electron chi connectivity index (χ3n) is 5.18. The molecule has 6 nitrogen and oxygen atoms in total. The van der Waals surface area contributed by atoms with Crippen LogP contribution in [0.5, 0.6) is 0 Å². The lowest BCUT2D eigenvalue weighted by atomic mass is 10.1. The molecular weight excluding hydrogens is 380 g/mol. The van der Waals surface area contributed by atoms with Gasteiger partial charge in [0.15, 0.2) is 6.61 Å². The average molecular weight is 411 g/mol. The summed E-state index contributed by atoms with van der Waals surface area (Å²) in [5.41, 5.74) is 1.02. The van der Waals surface area contributed by atoms with Crippen molar-refractivity contribution in [3.8, 4) is 0 Å². The number of nitrogens with one attached hydrogen (secondary N) is 1. The van der Waals surface area contributed by atoms with Gasteiger partial charge in [0.1, 0.15) is 0 Å². The fourth-order valence-electron chi connectivity index (χ4n) is 3.15. The predicted octanol–water partition coefficient (Wildman–Crippen LogP) is 4.52. The first-order chi connectivity index (χ1) is 14.4. The number of hydrogen-bond acceptors (Lipinski definition) is 4. The number of para-hydroxylation sites is 1. The van der Waals surface area contributed by atoms with Crippen LogP contribution in [-0.4, -0.2) is 41.4 Å². The average Bonchev–Trinajstić information content (AvgIpc) is 2.78. The van der Waals surface area contributed by atoms with Crippen molar-refractivity contribution in [3.05, 3.63) is 65.7 Å². The third-order valence-corrected chi connectivity index (χ3v) is 5.18. The fraction of sp³-hybridized carbons (Fsp3) is 0.375. The second-order valence-electron chi connectivity index (χ2n) is 7.26. The summed E-state index contributed by atoms with van der Waals surface area (Å²) in [4.78, 5) is 39.6. The van der Waals surface area contributed by atoms with Crippen LogP contribution in [0.25, 0.3) is 0 Å². The zero-order valence-corrected chi connectivity index (χ0v) is 18.1. The summed E-state index contributed by atoms with van der Waals surface area (Å²) in [5, 5.41) is 2.74. The molecule has 0 aliphatic carbocycles. The molecule has 2 aromatic rings. The van der Waals surface area contributed by atoms with Crippen molar-refractivity contribution in [2.24, 2.45) is 0 Å². The van der Waals surface area contributed by atoms with Crippen molar-refractivity contribution in [1.29, 1.82) is 0 Å². The molecule has 2 rings (SSSR count). The second kappa shape index (κ2) is 11.1. The van der Waals surface area contributed by atoms with E-state index in [1.54, 1.807) is 53.4 Å². The number of amides is 2. The third kappa shape index (κ3) is 5.92. The summed E-state index contributed by atoms with van der Waals surface area (Å²) in [7, 11) is 0. The maximum atomic E-state index is 12.7. The van der Waals surface area contributed by atoms with Gasteiger partial charge < -0.3 is 15.0 Å². The normalized spacial score (nSPS) is 12.5. The number of hydrogen-bond donors (Lipinski definition) is 1. The number of benzene rings is 2. The van der Waals surface area contributed by atoms with Crippen molar-refractivity contribution in [2.75, 3.05) is 11.9 Å². The molecule has 0 radical (unpaired) electrons. The van der Waals surface area contributed by atoms with Gasteiger partial charge in [-0.2, -0.15) is 0 Å². The van der Waals surface area contributed by atoms with Crippen LogP contribution >= 0.6 is 0 Å². The zero-order valence-electron chi connectivity index (χ0n) is 18.1. The van der Waals surface area contributed by atoms with Crippen LogP contribution in [0.2, 0.25) is 0 Å². The van der Waals surface area contributed by atoms with Crippen LogP contribution in [0.4, 0.5) is 5.69 Å². The van der Waals surface area contributed by atoms with E-state index in [9.17, 15) is 14.4 Å². The van der Waals surface area contributed by atoms with Gasteiger partial charge in [-0.15, -0.1) is 0 Å². The first kappa shape index (κ1) is 23.1. The van der Waals surface area contributed by atoms with Crippen LogP contribution in [0.3, 0.4) is 0 Å². The Morgan fingerprint density at radius 2 is 1.47 bits per heavy atom. The Hall–Kier alpha value is -3.15. The van der Waals surface area contributed by atoms with Gasteiger partial charge in [0.05, 0.1) is 11.3 Å². The number of carbonyl (C=O) groups is 3. The topological polar surface area (TPSA) is 75.7 Å². The quantitative estimate of drug-likeness (QED) is 0.617. The van der Waals surface area contributed by atoms with Gasteiger partial charge in [-0.05, 0) is 51.0 Å². The predicted molar refractivity (Wildman–Crippen MR) is 117 cm³/mol. The van der Waals surface area contributed by atoms with Crippen LogP contribution < -0.4 is 5.32 Å². The van der Waals surface area contributed by atoms with Crippen molar-refractivity contribution >= 4 is 23.5 Å². The lowest BCUT2D eigenvalue weighted by Crippen LogP contribution is -2.46. The maximum Gasteiger partial charge on any atom is 0.340 e. The molecule has 160 valence electrons. The van der Waals surface area contributed by atoms with E-state index >= 15 is 0 Å². The Morgan fingerprint density at radius 1 is 0.900 bits per heavy atom. The van der Waals surface area contributed by atoms with E-state index in [0.29, 0.717) is 11.3 Å². The molecule has 0 aromatic heterocycles. The molecule has 30 heavy (non-hydrogen) atoms. The monoisotopic (exact) mass is 410 g/mol. The van der Waals surface area contributed by atoms with E-state index in [1.165, 1.54) is 0 Å². The first-order valence-electron chi connectivity index (χ1n) is 10.3. The van der Waals surface area contributed by atoms with Crippen molar-refractivity contribution in [1.82, 2.24) is 4.90 Å². The van der Waals surface area contributed by atoms with E-state index < -0.39 is 5.97 Å². The lowest BCUT2D eigenvalue weighted by molar-refractivity contribution is -0.139. The molecule has 0 bridgehead atoms. The number of carbonyl (C=O) groups excluding carboxylic acids is 3. The summed E-state index contributed by atoms with van der Waals surface area (Å²) in [5.74, 6) is -1.20. The Balaban J connectivity index is 2.09. The number of esters is 1. The largest absolute Gasteiger partial charge is 0.452 e. The number of anilines is 1. The minimum absolute atomic E-state index is 0.0589. The molecule has 6 heteroatoms. The van der Waals surface area contributed by atoms with E-state index in [0.717, 1.165) is 12.8 Å². The Bertz CT molecular complexity index is 857.